The summed E-state index contributed by atoms with van der Waals surface area (Å²) < 4.78 is 5.17. The van der Waals surface area contributed by atoms with Gasteiger partial charge in [-0.25, -0.2) is 4.79 Å². The third-order valence-electron chi connectivity index (χ3n) is 1.88. The van der Waals surface area contributed by atoms with Gasteiger partial charge in [0.05, 0.1) is 0 Å². The monoisotopic (exact) mass is 253 g/mol. The Morgan fingerprint density at radius 2 is 2.24 bits per heavy atom. The van der Waals surface area contributed by atoms with Gasteiger partial charge >= 0.3 is 5.97 Å². The summed E-state index contributed by atoms with van der Waals surface area (Å²) >= 11 is 1.66. The van der Waals surface area contributed by atoms with Crippen LogP contribution in [-0.2, 0) is 16.0 Å². The van der Waals surface area contributed by atoms with Crippen molar-refractivity contribution >= 4 is 23.4 Å². The minimum Gasteiger partial charge on any atom is -0.457 e. The fraction of sp³-hybridized carbons (Fsp3) is 0.462. The van der Waals surface area contributed by atoms with E-state index in [9.17, 15) is 4.79 Å². The molecule has 0 aliphatic heterocycles. The van der Waals surface area contributed by atoms with Gasteiger partial charge in [-0.3, -0.25) is 0 Å². The van der Waals surface area contributed by atoms with Crippen molar-refractivity contribution in [3.63, 3.8) is 0 Å². The van der Waals surface area contributed by atoms with E-state index in [-0.39, 0.29) is 5.97 Å². The Hall–Kier alpha value is -1.13. The Morgan fingerprint density at radius 1 is 1.53 bits per heavy atom. The van der Waals surface area contributed by atoms with E-state index in [1.165, 1.54) is 11.0 Å². The first-order valence-electron chi connectivity index (χ1n) is 5.59. The number of nitrogens with two attached hydrogens (primary N) is 1. The molecule has 0 aliphatic carbocycles. The molecule has 0 spiro atoms. The molecule has 0 saturated carbocycles. The zero-order valence-electron chi connectivity index (χ0n) is 10.5. The SMILES string of the molecule is CC(C)(C)OC(=O)/C=C/c1csc(CCN)c1. The molecule has 0 aromatic carbocycles. The lowest BCUT2D eigenvalue weighted by molar-refractivity contribution is -0.148. The van der Waals surface area contributed by atoms with Crippen LogP contribution in [0.4, 0.5) is 0 Å². The van der Waals surface area contributed by atoms with Crippen LogP contribution >= 0.6 is 11.3 Å². The average Bonchev–Trinajstić information content (AvgIpc) is 2.61. The number of ether oxygens (including phenoxy) is 1. The van der Waals surface area contributed by atoms with Crippen LogP contribution in [0.2, 0.25) is 0 Å². The summed E-state index contributed by atoms with van der Waals surface area (Å²) in [6, 6.07) is 2.04. The summed E-state index contributed by atoms with van der Waals surface area (Å²) in [5.74, 6) is -0.316. The molecule has 1 rings (SSSR count). The van der Waals surface area contributed by atoms with Gasteiger partial charge in [0.2, 0.25) is 0 Å². The van der Waals surface area contributed by atoms with Gasteiger partial charge in [-0.15, -0.1) is 11.3 Å². The summed E-state index contributed by atoms with van der Waals surface area (Å²) in [7, 11) is 0. The van der Waals surface area contributed by atoms with E-state index in [4.69, 9.17) is 10.5 Å². The molecule has 0 saturated heterocycles. The Morgan fingerprint density at radius 3 is 2.82 bits per heavy atom. The number of carbonyl (C=O) groups is 1. The molecular formula is C13H19NO2S. The van der Waals surface area contributed by atoms with Crippen molar-refractivity contribution in [2.45, 2.75) is 32.8 Å². The largest absolute Gasteiger partial charge is 0.457 e. The number of carbonyl (C=O) groups excluding carboxylic acids is 1. The molecule has 0 unspecified atom stereocenters. The summed E-state index contributed by atoms with van der Waals surface area (Å²) in [5.41, 5.74) is 6.05. The van der Waals surface area contributed by atoms with Crippen LogP contribution in [0.1, 0.15) is 31.2 Å². The van der Waals surface area contributed by atoms with E-state index in [2.05, 4.69) is 0 Å². The highest BCUT2D eigenvalue weighted by Gasteiger charge is 2.13. The third kappa shape index (κ3) is 5.65. The number of thiophene rings is 1. The van der Waals surface area contributed by atoms with Gasteiger partial charge in [0, 0.05) is 11.0 Å². The minimum absolute atomic E-state index is 0.316. The Balaban J connectivity index is 2.55. The van der Waals surface area contributed by atoms with Crippen LogP contribution in [-0.4, -0.2) is 18.1 Å². The van der Waals surface area contributed by atoms with Gasteiger partial charge in [-0.05, 0) is 56.8 Å². The zero-order valence-corrected chi connectivity index (χ0v) is 11.3. The van der Waals surface area contributed by atoms with Gasteiger partial charge in [-0.2, -0.15) is 0 Å². The Bertz CT molecular complexity index is 402. The van der Waals surface area contributed by atoms with Crippen LogP contribution < -0.4 is 5.73 Å². The minimum atomic E-state index is -0.444. The van der Waals surface area contributed by atoms with Gasteiger partial charge < -0.3 is 10.5 Å². The van der Waals surface area contributed by atoms with E-state index < -0.39 is 5.60 Å². The van der Waals surface area contributed by atoms with Crippen molar-refractivity contribution < 1.29 is 9.53 Å². The average molecular weight is 253 g/mol. The first-order chi connectivity index (χ1) is 7.90. The Kier molecular flexibility index (Phi) is 4.90. The molecule has 94 valence electrons. The second-order valence-corrected chi connectivity index (χ2v) is 5.75. The predicted octanol–water partition coefficient (Wildman–Crippen LogP) is 2.60. The fourth-order valence-electron chi connectivity index (χ4n) is 1.26. The van der Waals surface area contributed by atoms with Crippen molar-refractivity contribution in [3.05, 3.63) is 28.0 Å². The highest BCUT2D eigenvalue weighted by atomic mass is 32.1. The molecular weight excluding hydrogens is 234 g/mol. The highest BCUT2D eigenvalue weighted by molar-refractivity contribution is 7.10. The normalized spacial score (nSPS) is 12.0. The summed E-state index contributed by atoms with van der Waals surface area (Å²) in [5, 5.41) is 2.01. The molecule has 0 bridgehead atoms. The lowest BCUT2D eigenvalue weighted by Gasteiger charge is -2.17. The maximum Gasteiger partial charge on any atom is 0.331 e. The predicted molar refractivity (Wildman–Crippen MR) is 72.0 cm³/mol. The first-order valence-corrected chi connectivity index (χ1v) is 6.47. The third-order valence-corrected chi connectivity index (χ3v) is 2.90. The van der Waals surface area contributed by atoms with E-state index in [1.807, 2.05) is 32.2 Å². The van der Waals surface area contributed by atoms with Crippen molar-refractivity contribution in [1.82, 2.24) is 0 Å². The fourth-order valence-corrected chi connectivity index (χ4v) is 2.13. The molecule has 17 heavy (non-hydrogen) atoms. The molecule has 2 N–H and O–H groups in total. The molecule has 1 aromatic heterocycles. The number of esters is 1. The highest BCUT2D eigenvalue weighted by Crippen LogP contribution is 2.16. The topological polar surface area (TPSA) is 52.3 Å². The molecule has 1 heterocycles. The van der Waals surface area contributed by atoms with E-state index in [1.54, 1.807) is 17.4 Å². The van der Waals surface area contributed by atoms with Crippen LogP contribution in [0.15, 0.2) is 17.5 Å². The zero-order chi connectivity index (χ0) is 12.9. The standard InChI is InChI=1S/C13H19NO2S/c1-13(2,3)16-12(15)5-4-10-8-11(6-7-14)17-9-10/h4-5,8-9H,6-7,14H2,1-3H3/b5-4+. The molecule has 0 atom stereocenters. The van der Waals surface area contributed by atoms with Crippen LogP contribution in [0.3, 0.4) is 0 Å². The lowest BCUT2D eigenvalue weighted by Crippen LogP contribution is -2.22. The Labute approximate surface area is 106 Å². The molecule has 0 fully saturated rings. The summed E-state index contributed by atoms with van der Waals surface area (Å²) in [6.07, 6.45) is 4.11. The maximum atomic E-state index is 11.4. The van der Waals surface area contributed by atoms with E-state index >= 15 is 0 Å². The van der Waals surface area contributed by atoms with E-state index in [0.717, 1.165) is 12.0 Å². The molecule has 0 aliphatic rings. The molecule has 0 radical (unpaired) electrons. The van der Waals surface area contributed by atoms with Gasteiger partial charge in [0.25, 0.3) is 0 Å². The van der Waals surface area contributed by atoms with Gasteiger partial charge in [0.1, 0.15) is 5.60 Å². The number of hydrogen-bond donors (Lipinski definition) is 1. The van der Waals surface area contributed by atoms with Crippen LogP contribution in [0, 0.1) is 0 Å². The van der Waals surface area contributed by atoms with Crippen molar-refractivity contribution in [1.29, 1.82) is 0 Å². The molecule has 0 amide bonds. The lowest BCUT2D eigenvalue weighted by atomic mass is 10.2. The van der Waals surface area contributed by atoms with E-state index in [0.29, 0.717) is 6.54 Å². The van der Waals surface area contributed by atoms with Crippen molar-refractivity contribution in [2.75, 3.05) is 6.54 Å². The molecule has 3 nitrogen and oxygen atoms in total. The summed E-state index contributed by atoms with van der Waals surface area (Å²) in [4.78, 5) is 12.7. The second kappa shape index (κ2) is 5.98. The first kappa shape index (κ1) is 13.9. The van der Waals surface area contributed by atoms with Gasteiger partial charge in [0.15, 0.2) is 0 Å². The molecule has 4 heteroatoms. The molecule has 1 aromatic rings. The van der Waals surface area contributed by atoms with Crippen molar-refractivity contribution in [3.8, 4) is 0 Å². The number of hydrogen-bond acceptors (Lipinski definition) is 4. The van der Waals surface area contributed by atoms with Crippen LogP contribution in [0.5, 0.6) is 0 Å². The summed E-state index contributed by atoms with van der Waals surface area (Å²) in [6.45, 7) is 6.20. The second-order valence-electron chi connectivity index (χ2n) is 4.75. The van der Waals surface area contributed by atoms with Crippen LogP contribution in [0.25, 0.3) is 6.08 Å². The number of rotatable bonds is 4. The smallest absolute Gasteiger partial charge is 0.331 e. The van der Waals surface area contributed by atoms with Gasteiger partial charge in [-0.1, -0.05) is 0 Å². The quantitative estimate of drug-likeness (QED) is 0.663. The van der Waals surface area contributed by atoms with Crippen molar-refractivity contribution in [2.24, 2.45) is 5.73 Å². The maximum absolute atomic E-state index is 11.4.